The molecule has 1 aromatic heterocycles. The molecule has 1 N–H and O–H groups in total. The van der Waals surface area contributed by atoms with Gasteiger partial charge in [-0.15, -0.1) is 16.8 Å². The second-order valence-electron chi connectivity index (χ2n) is 8.22. The third-order valence-electron chi connectivity index (χ3n) is 5.80. The Bertz CT molecular complexity index is 1260. The van der Waals surface area contributed by atoms with Gasteiger partial charge in [0.15, 0.2) is 5.16 Å². The monoisotopic (exact) mass is 506 g/mol. The second-order valence-corrected chi connectivity index (χ2v) is 9.16. The van der Waals surface area contributed by atoms with E-state index in [1.54, 1.807) is 6.08 Å². The van der Waals surface area contributed by atoms with Gasteiger partial charge in [0.2, 0.25) is 5.91 Å². The van der Waals surface area contributed by atoms with Crippen molar-refractivity contribution in [1.29, 1.82) is 0 Å². The van der Waals surface area contributed by atoms with Crippen molar-refractivity contribution in [3.63, 3.8) is 0 Å². The Morgan fingerprint density at radius 1 is 1.06 bits per heavy atom. The van der Waals surface area contributed by atoms with E-state index >= 15 is 0 Å². The predicted molar refractivity (Wildman–Crippen MR) is 135 cm³/mol. The number of nitrogens with one attached hydrogen (secondary N) is 1. The highest BCUT2D eigenvalue weighted by Gasteiger charge is 2.43. The summed E-state index contributed by atoms with van der Waals surface area (Å²) < 4.78 is 11.5. The number of esters is 2. The molecule has 1 heterocycles. The van der Waals surface area contributed by atoms with Crippen LogP contribution in [0.2, 0.25) is 0 Å². The normalized spacial score (nSPS) is 16.2. The summed E-state index contributed by atoms with van der Waals surface area (Å²) in [6.07, 6.45) is 2.78. The Morgan fingerprint density at radius 2 is 1.72 bits per heavy atom. The quantitative estimate of drug-likeness (QED) is 0.249. The van der Waals surface area contributed by atoms with Crippen LogP contribution in [0.1, 0.15) is 50.4 Å². The summed E-state index contributed by atoms with van der Waals surface area (Å²) in [5.41, 5.74) is 1.80. The highest BCUT2D eigenvalue weighted by molar-refractivity contribution is 7.99. The van der Waals surface area contributed by atoms with Crippen molar-refractivity contribution >= 4 is 35.3 Å². The van der Waals surface area contributed by atoms with Gasteiger partial charge in [0, 0.05) is 18.2 Å². The fourth-order valence-corrected chi connectivity index (χ4v) is 4.78. The van der Waals surface area contributed by atoms with Crippen LogP contribution < -0.4 is 5.32 Å². The van der Waals surface area contributed by atoms with Crippen LogP contribution in [0.4, 0.5) is 5.69 Å². The number of amides is 1. The molecule has 9 nitrogen and oxygen atoms in total. The third kappa shape index (κ3) is 5.65. The van der Waals surface area contributed by atoms with Crippen LogP contribution in [-0.4, -0.2) is 52.6 Å². The maximum absolute atomic E-state index is 12.7. The molecule has 2 unspecified atom stereocenters. The lowest BCUT2D eigenvalue weighted by molar-refractivity contribution is -0.113. The molecule has 0 radical (unpaired) electrons. The molecule has 3 aromatic rings. The van der Waals surface area contributed by atoms with E-state index in [2.05, 4.69) is 34.2 Å². The number of nitrogens with zero attached hydrogens (tertiary/aromatic N) is 3. The average molecular weight is 507 g/mol. The van der Waals surface area contributed by atoms with Gasteiger partial charge in [0.1, 0.15) is 5.82 Å². The first-order valence-corrected chi connectivity index (χ1v) is 12.3. The van der Waals surface area contributed by atoms with Gasteiger partial charge in [-0.1, -0.05) is 48.2 Å². The molecule has 1 aliphatic carbocycles. The van der Waals surface area contributed by atoms with Crippen LogP contribution in [0.15, 0.2) is 66.3 Å². The SMILES string of the molecule is C=CCn1c(SCC(=O)Nc2cc(C(=O)OC)cc(C(=O)OC)c2)nnc1C1CC1c1ccccc1. The Morgan fingerprint density at radius 3 is 2.33 bits per heavy atom. The molecule has 2 atom stereocenters. The minimum Gasteiger partial charge on any atom is -0.465 e. The molecular weight excluding hydrogens is 480 g/mol. The number of benzene rings is 2. The average Bonchev–Trinajstić information content (AvgIpc) is 3.60. The van der Waals surface area contributed by atoms with Crippen LogP contribution in [0.25, 0.3) is 0 Å². The fraction of sp³-hybridized carbons (Fsp3) is 0.269. The van der Waals surface area contributed by atoms with E-state index in [1.807, 2.05) is 22.8 Å². The first kappa shape index (κ1) is 25.2. The lowest BCUT2D eigenvalue weighted by atomic mass is 10.1. The third-order valence-corrected chi connectivity index (χ3v) is 6.77. The van der Waals surface area contributed by atoms with Gasteiger partial charge in [-0.3, -0.25) is 4.79 Å². The predicted octanol–water partition coefficient (Wildman–Crippen LogP) is 4.04. The van der Waals surface area contributed by atoms with Crippen LogP contribution in [-0.2, 0) is 20.8 Å². The van der Waals surface area contributed by atoms with Crippen molar-refractivity contribution < 1.29 is 23.9 Å². The van der Waals surface area contributed by atoms with Crippen molar-refractivity contribution in [3.05, 3.63) is 83.7 Å². The van der Waals surface area contributed by atoms with Gasteiger partial charge in [-0.2, -0.15) is 0 Å². The topological polar surface area (TPSA) is 112 Å². The largest absolute Gasteiger partial charge is 0.465 e. The summed E-state index contributed by atoms with van der Waals surface area (Å²) in [6.45, 7) is 4.38. The van der Waals surface area contributed by atoms with E-state index in [9.17, 15) is 14.4 Å². The number of carbonyl (C=O) groups is 3. The van der Waals surface area contributed by atoms with E-state index in [4.69, 9.17) is 9.47 Å². The first-order valence-electron chi connectivity index (χ1n) is 11.3. The zero-order chi connectivity index (χ0) is 25.7. The van der Waals surface area contributed by atoms with Crippen molar-refractivity contribution in [1.82, 2.24) is 14.8 Å². The Kier molecular flexibility index (Phi) is 7.84. The van der Waals surface area contributed by atoms with E-state index in [-0.39, 0.29) is 34.4 Å². The number of thioether (sulfide) groups is 1. The van der Waals surface area contributed by atoms with Gasteiger partial charge in [0.05, 0.1) is 31.1 Å². The van der Waals surface area contributed by atoms with Gasteiger partial charge in [-0.25, -0.2) is 9.59 Å². The number of methoxy groups -OCH3 is 2. The number of hydrogen-bond acceptors (Lipinski definition) is 8. The smallest absolute Gasteiger partial charge is 0.337 e. The number of rotatable bonds is 10. The fourth-order valence-electron chi connectivity index (χ4n) is 4.03. The van der Waals surface area contributed by atoms with E-state index < -0.39 is 11.9 Å². The molecule has 4 rings (SSSR count). The van der Waals surface area contributed by atoms with Crippen LogP contribution in [0.3, 0.4) is 0 Å². The molecule has 1 aliphatic rings. The first-order chi connectivity index (χ1) is 17.4. The van der Waals surface area contributed by atoms with Gasteiger partial charge in [0.25, 0.3) is 0 Å². The van der Waals surface area contributed by atoms with Crippen molar-refractivity contribution in [2.75, 3.05) is 25.3 Å². The van der Waals surface area contributed by atoms with Crippen molar-refractivity contribution in [2.45, 2.75) is 30.0 Å². The summed E-state index contributed by atoms with van der Waals surface area (Å²) in [5.74, 6) is 0.0281. The highest BCUT2D eigenvalue weighted by atomic mass is 32.2. The molecular formula is C26H26N4O5S. The van der Waals surface area contributed by atoms with Crippen LogP contribution in [0.5, 0.6) is 0 Å². The number of hydrogen-bond donors (Lipinski definition) is 1. The molecule has 0 aliphatic heterocycles. The number of aromatic nitrogens is 3. The maximum Gasteiger partial charge on any atom is 0.337 e. The van der Waals surface area contributed by atoms with Crippen molar-refractivity contribution in [3.8, 4) is 0 Å². The molecule has 0 spiro atoms. The Hall–Kier alpha value is -3.92. The van der Waals surface area contributed by atoms with E-state index in [0.717, 1.165) is 12.2 Å². The lowest BCUT2D eigenvalue weighted by Gasteiger charge is -2.10. The highest BCUT2D eigenvalue weighted by Crippen LogP contribution is 2.54. The summed E-state index contributed by atoms with van der Waals surface area (Å²) in [7, 11) is 2.47. The number of allylic oxidation sites excluding steroid dienone is 1. The summed E-state index contributed by atoms with van der Waals surface area (Å²) in [4.78, 5) is 36.7. The summed E-state index contributed by atoms with van der Waals surface area (Å²) >= 11 is 1.25. The van der Waals surface area contributed by atoms with E-state index in [1.165, 1.54) is 49.7 Å². The molecule has 1 amide bonds. The molecule has 0 saturated heterocycles. The van der Waals surface area contributed by atoms with Gasteiger partial charge in [-0.05, 0) is 36.1 Å². The second kappa shape index (κ2) is 11.2. The number of carbonyl (C=O) groups excluding carboxylic acids is 3. The molecule has 10 heteroatoms. The maximum atomic E-state index is 12.7. The van der Waals surface area contributed by atoms with Crippen LogP contribution in [0, 0.1) is 0 Å². The molecule has 0 bridgehead atoms. The van der Waals surface area contributed by atoms with Gasteiger partial charge < -0.3 is 19.4 Å². The minimum absolute atomic E-state index is 0.0536. The van der Waals surface area contributed by atoms with Crippen LogP contribution >= 0.6 is 11.8 Å². The molecule has 1 saturated carbocycles. The molecule has 36 heavy (non-hydrogen) atoms. The number of ether oxygens (including phenoxy) is 2. The standard InChI is InChI=1S/C26H26N4O5S/c1-4-10-30-23(21-14-20(21)16-8-6-5-7-9-16)28-29-26(30)36-15-22(31)27-19-12-17(24(32)34-2)11-18(13-19)25(33)35-3/h4-9,11-13,20-21H,1,10,14-15H2,2-3H3,(H,27,31). The molecule has 2 aromatic carbocycles. The molecule has 1 fully saturated rings. The zero-order valence-corrected chi connectivity index (χ0v) is 20.8. The minimum atomic E-state index is -0.635. The summed E-state index contributed by atoms with van der Waals surface area (Å²) in [6, 6.07) is 14.6. The lowest BCUT2D eigenvalue weighted by Crippen LogP contribution is -2.16. The molecule has 186 valence electrons. The van der Waals surface area contributed by atoms with Crippen molar-refractivity contribution in [2.24, 2.45) is 0 Å². The Labute approximate surface area is 212 Å². The Balaban J connectivity index is 1.45. The summed E-state index contributed by atoms with van der Waals surface area (Å²) in [5, 5.41) is 12.1. The number of anilines is 1. The van der Waals surface area contributed by atoms with E-state index in [0.29, 0.717) is 17.6 Å². The zero-order valence-electron chi connectivity index (χ0n) is 20.0. The van der Waals surface area contributed by atoms with Gasteiger partial charge >= 0.3 is 11.9 Å².